The zero-order chi connectivity index (χ0) is 14.9. The van der Waals surface area contributed by atoms with Crippen molar-refractivity contribution in [2.75, 3.05) is 13.2 Å². The van der Waals surface area contributed by atoms with E-state index in [2.05, 4.69) is 13.2 Å². The quantitative estimate of drug-likeness (QED) is 0.411. The fraction of sp³-hybridized carbons (Fsp3) is 0.500. The van der Waals surface area contributed by atoms with Gasteiger partial charge in [0.2, 0.25) is 11.8 Å². The van der Waals surface area contributed by atoms with Crippen molar-refractivity contribution in [2.24, 2.45) is 11.8 Å². The Morgan fingerprint density at radius 2 is 1.75 bits per heavy atom. The van der Waals surface area contributed by atoms with E-state index < -0.39 is 30.0 Å². The maximum atomic E-state index is 12.3. The Labute approximate surface area is 117 Å². The van der Waals surface area contributed by atoms with Crippen LogP contribution in [0.1, 0.15) is 6.92 Å². The van der Waals surface area contributed by atoms with Crippen LogP contribution in [-0.2, 0) is 23.9 Å². The molecule has 0 bridgehead atoms. The molecule has 2 fully saturated rings. The van der Waals surface area contributed by atoms with Gasteiger partial charge in [-0.3, -0.25) is 19.3 Å². The maximum absolute atomic E-state index is 12.3. The van der Waals surface area contributed by atoms with E-state index in [-0.39, 0.29) is 25.0 Å². The van der Waals surface area contributed by atoms with E-state index in [1.807, 2.05) is 0 Å². The van der Waals surface area contributed by atoms with Crippen molar-refractivity contribution in [1.29, 1.82) is 0 Å². The van der Waals surface area contributed by atoms with Gasteiger partial charge in [0.1, 0.15) is 6.61 Å². The lowest BCUT2D eigenvalue weighted by atomic mass is 9.89. The van der Waals surface area contributed by atoms with E-state index >= 15 is 0 Å². The van der Waals surface area contributed by atoms with Gasteiger partial charge in [-0.2, -0.15) is 0 Å². The molecule has 2 rings (SSSR count). The fourth-order valence-electron chi connectivity index (χ4n) is 2.72. The molecule has 0 N–H and O–H groups in total. The predicted molar refractivity (Wildman–Crippen MR) is 69.4 cm³/mol. The number of hydrogen-bond acceptors (Lipinski definition) is 5. The van der Waals surface area contributed by atoms with Crippen molar-refractivity contribution in [3.05, 3.63) is 25.3 Å². The van der Waals surface area contributed by atoms with Crippen molar-refractivity contribution >= 4 is 17.8 Å². The average Bonchev–Trinajstić information content (AvgIpc) is 2.90. The summed E-state index contributed by atoms with van der Waals surface area (Å²) in [6.07, 6.45) is 2.08. The Hall–Kier alpha value is -1.95. The van der Waals surface area contributed by atoms with E-state index in [0.717, 1.165) is 4.90 Å². The summed E-state index contributed by atoms with van der Waals surface area (Å²) in [6.45, 7) is 8.61. The van der Waals surface area contributed by atoms with Gasteiger partial charge in [0.25, 0.3) is 0 Å². The Bertz CT molecular complexity index is 440. The Morgan fingerprint density at radius 3 is 2.15 bits per heavy atom. The van der Waals surface area contributed by atoms with Gasteiger partial charge in [-0.15, -0.1) is 13.2 Å². The SMILES string of the molecule is C=CC1OC(C=C)[C@@H]2C(=O)N(CCOC(C)=O)C(=O)[C@H]12. The highest BCUT2D eigenvalue weighted by molar-refractivity contribution is 6.06. The molecule has 20 heavy (non-hydrogen) atoms. The second-order valence-electron chi connectivity index (χ2n) is 4.76. The lowest BCUT2D eigenvalue weighted by molar-refractivity contribution is -0.148. The summed E-state index contributed by atoms with van der Waals surface area (Å²) in [5.41, 5.74) is 0. The molecule has 0 radical (unpaired) electrons. The number of fused-ring (bicyclic) bond motifs is 1. The molecule has 6 nitrogen and oxygen atoms in total. The molecule has 4 atom stereocenters. The standard InChI is InChI=1S/C14H17NO5/c1-4-9-11-12(10(5-2)20-9)14(18)15(13(11)17)6-7-19-8(3)16/h4-5,9-12H,1-2,6-7H2,3H3/t9?,10?,11-,12+. The number of hydrogen-bond donors (Lipinski definition) is 0. The first kappa shape index (κ1) is 14.5. The minimum absolute atomic E-state index is 0.00459. The number of rotatable bonds is 5. The summed E-state index contributed by atoms with van der Waals surface area (Å²) in [5.74, 6) is -2.16. The number of amides is 2. The van der Waals surface area contributed by atoms with E-state index in [4.69, 9.17) is 9.47 Å². The van der Waals surface area contributed by atoms with Crippen molar-refractivity contribution < 1.29 is 23.9 Å². The summed E-state index contributed by atoms with van der Waals surface area (Å²) < 4.78 is 10.3. The molecule has 0 aromatic rings. The van der Waals surface area contributed by atoms with Crippen LogP contribution in [0.5, 0.6) is 0 Å². The van der Waals surface area contributed by atoms with Crippen LogP contribution in [0.4, 0.5) is 0 Å². The lowest BCUT2D eigenvalue weighted by Crippen LogP contribution is -2.37. The monoisotopic (exact) mass is 279 g/mol. The molecule has 0 spiro atoms. The molecule has 2 aliphatic heterocycles. The molecule has 0 saturated carbocycles. The summed E-state index contributed by atoms with van der Waals surface area (Å²) in [4.78, 5) is 36.5. The Morgan fingerprint density at radius 1 is 1.25 bits per heavy atom. The predicted octanol–water partition coefficient (Wildman–Crippen LogP) is 0.290. The third-order valence-electron chi connectivity index (χ3n) is 3.60. The molecule has 6 heteroatoms. The van der Waals surface area contributed by atoms with E-state index in [9.17, 15) is 14.4 Å². The largest absolute Gasteiger partial charge is 0.464 e. The third-order valence-corrected chi connectivity index (χ3v) is 3.60. The van der Waals surface area contributed by atoms with Gasteiger partial charge >= 0.3 is 5.97 Å². The molecule has 0 aromatic carbocycles. The Balaban J connectivity index is 2.13. The molecule has 2 unspecified atom stereocenters. The minimum atomic E-state index is -0.555. The number of esters is 1. The summed E-state index contributed by atoms with van der Waals surface area (Å²) in [5, 5.41) is 0. The number of ether oxygens (including phenoxy) is 2. The smallest absolute Gasteiger partial charge is 0.302 e. The number of carbonyl (C=O) groups is 3. The highest BCUT2D eigenvalue weighted by Crippen LogP contribution is 2.41. The molecule has 2 amide bonds. The molecule has 108 valence electrons. The maximum Gasteiger partial charge on any atom is 0.302 e. The van der Waals surface area contributed by atoms with E-state index in [1.54, 1.807) is 0 Å². The number of likely N-dealkylation sites (tertiary alicyclic amines) is 1. The molecule has 2 saturated heterocycles. The fourth-order valence-corrected chi connectivity index (χ4v) is 2.72. The Kier molecular flexibility index (Phi) is 4.04. The summed E-state index contributed by atoms with van der Waals surface area (Å²) >= 11 is 0. The van der Waals surface area contributed by atoms with Crippen LogP contribution < -0.4 is 0 Å². The van der Waals surface area contributed by atoms with E-state index in [0.29, 0.717) is 0 Å². The van der Waals surface area contributed by atoms with Crippen LogP contribution >= 0.6 is 0 Å². The van der Waals surface area contributed by atoms with Gasteiger partial charge in [0, 0.05) is 6.92 Å². The number of carbonyl (C=O) groups excluding carboxylic acids is 3. The summed E-state index contributed by atoms with van der Waals surface area (Å²) in [6, 6.07) is 0. The van der Waals surface area contributed by atoms with Crippen LogP contribution in [0.25, 0.3) is 0 Å². The van der Waals surface area contributed by atoms with Gasteiger partial charge in [-0.05, 0) is 0 Å². The highest BCUT2D eigenvalue weighted by Gasteiger charge is 2.58. The van der Waals surface area contributed by atoms with Crippen molar-refractivity contribution in [3.63, 3.8) is 0 Å². The first-order valence-electron chi connectivity index (χ1n) is 6.40. The van der Waals surface area contributed by atoms with Crippen LogP contribution in [0.3, 0.4) is 0 Å². The van der Waals surface area contributed by atoms with Gasteiger partial charge in [-0.25, -0.2) is 0 Å². The zero-order valence-corrected chi connectivity index (χ0v) is 11.3. The zero-order valence-electron chi connectivity index (χ0n) is 11.3. The van der Waals surface area contributed by atoms with Crippen LogP contribution in [0.2, 0.25) is 0 Å². The molecule has 2 heterocycles. The average molecular weight is 279 g/mol. The first-order chi connectivity index (χ1) is 9.51. The van der Waals surface area contributed by atoms with E-state index in [1.165, 1.54) is 19.1 Å². The lowest BCUT2D eigenvalue weighted by Gasteiger charge is -2.19. The number of nitrogens with zero attached hydrogens (tertiary/aromatic N) is 1. The first-order valence-corrected chi connectivity index (χ1v) is 6.40. The van der Waals surface area contributed by atoms with Crippen molar-refractivity contribution in [2.45, 2.75) is 19.1 Å². The second kappa shape index (κ2) is 5.58. The highest BCUT2D eigenvalue weighted by atomic mass is 16.5. The van der Waals surface area contributed by atoms with Crippen LogP contribution in [0.15, 0.2) is 25.3 Å². The topological polar surface area (TPSA) is 72.9 Å². The number of imide groups is 1. The summed E-state index contributed by atoms with van der Waals surface area (Å²) in [7, 11) is 0. The van der Waals surface area contributed by atoms with Crippen molar-refractivity contribution in [1.82, 2.24) is 4.90 Å². The molecule has 0 aliphatic carbocycles. The van der Waals surface area contributed by atoms with Crippen LogP contribution in [-0.4, -0.2) is 48.0 Å². The second-order valence-corrected chi connectivity index (χ2v) is 4.76. The van der Waals surface area contributed by atoms with Gasteiger partial charge in [0.15, 0.2) is 0 Å². The third kappa shape index (κ3) is 2.27. The minimum Gasteiger partial charge on any atom is -0.464 e. The molecular weight excluding hydrogens is 262 g/mol. The van der Waals surface area contributed by atoms with Crippen molar-refractivity contribution in [3.8, 4) is 0 Å². The van der Waals surface area contributed by atoms with Crippen LogP contribution in [0, 0.1) is 11.8 Å². The van der Waals surface area contributed by atoms with Gasteiger partial charge < -0.3 is 9.47 Å². The molecular formula is C14H17NO5. The molecule has 2 aliphatic rings. The van der Waals surface area contributed by atoms with Gasteiger partial charge in [0.05, 0.1) is 30.6 Å². The normalized spacial score (nSPS) is 32.1. The molecule has 0 aromatic heterocycles. The van der Waals surface area contributed by atoms with Gasteiger partial charge in [-0.1, -0.05) is 12.2 Å².